The standard InChI is InChI=1S/C13H16N2O/c1-10-9-11(2)15-13(10)7-5-4-6-8-14-12(3)16/h4-9,15H,1-3H3/b6-4+,7-5+,14-8?. The average Bonchev–Trinajstić information content (AvgIpc) is 2.50. The van der Waals surface area contributed by atoms with Gasteiger partial charge in [-0.3, -0.25) is 4.79 Å². The SMILES string of the molecule is CC(=O)N=C/C=C/C=C/c1[nH]c(C)cc1C. The molecule has 0 bridgehead atoms. The van der Waals surface area contributed by atoms with Gasteiger partial charge in [0.1, 0.15) is 0 Å². The van der Waals surface area contributed by atoms with E-state index in [1.54, 1.807) is 6.08 Å². The molecule has 0 spiro atoms. The van der Waals surface area contributed by atoms with Crippen molar-refractivity contribution in [2.75, 3.05) is 0 Å². The van der Waals surface area contributed by atoms with Crippen LogP contribution in [-0.2, 0) is 4.79 Å². The molecule has 0 radical (unpaired) electrons. The number of allylic oxidation sites excluding steroid dienone is 3. The van der Waals surface area contributed by atoms with E-state index in [1.165, 1.54) is 18.7 Å². The number of nitrogens with zero attached hydrogens (tertiary/aromatic N) is 1. The molecule has 0 aliphatic rings. The summed E-state index contributed by atoms with van der Waals surface area (Å²) in [6, 6.07) is 2.10. The topological polar surface area (TPSA) is 45.2 Å². The molecular formula is C13H16N2O. The predicted octanol–water partition coefficient (Wildman–Crippen LogP) is 2.82. The summed E-state index contributed by atoms with van der Waals surface area (Å²) in [5.41, 5.74) is 3.48. The first-order valence-corrected chi connectivity index (χ1v) is 5.14. The van der Waals surface area contributed by atoms with Crippen LogP contribution in [0.25, 0.3) is 6.08 Å². The fourth-order valence-electron chi connectivity index (χ4n) is 1.34. The predicted molar refractivity (Wildman–Crippen MR) is 67.6 cm³/mol. The molecule has 16 heavy (non-hydrogen) atoms. The van der Waals surface area contributed by atoms with Crippen LogP contribution in [0.5, 0.6) is 0 Å². The van der Waals surface area contributed by atoms with Crippen LogP contribution in [-0.4, -0.2) is 17.1 Å². The Kier molecular flexibility index (Phi) is 4.45. The van der Waals surface area contributed by atoms with Crippen LogP contribution in [0.1, 0.15) is 23.9 Å². The summed E-state index contributed by atoms with van der Waals surface area (Å²) in [7, 11) is 0. The van der Waals surface area contributed by atoms with E-state index in [0.717, 1.165) is 11.4 Å². The van der Waals surface area contributed by atoms with Gasteiger partial charge in [0, 0.05) is 24.5 Å². The summed E-state index contributed by atoms with van der Waals surface area (Å²) in [6.07, 6.45) is 8.94. The molecule has 0 saturated heterocycles. The van der Waals surface area contributed by atoms with Crippen molar-refractivity contribution in [2.24, 2.45) is 4.99 Å². The molecular weight excluding hydrogens is 200 g/mol. The second-order valence-electron chi connectivity index (χ2n) is 3.59. The Bertz CT molecular complexity index is 450. The highest BCUT2D eigenvalue weighted by atomic mass is 16.1. The van der Waals surface area contributed by atoms with E-state index in [2.05, 4.69) is 23.0 Å². The minimum Gasteiger partial charge on any atom is -0.359 e. The lowest BCUT2D eigenvalue weighted by Crippen LogP contribution is -1.80. The normalized spacial score (nSPS) is 12.2. The van der Waals surface area contributed by atoms with Crippen molar-refractivity contribution >= 4 is 18.2 Å². The van der Waals surface area contributed by atoms with Crippen LogP contribution in [0.4, 0.5) is 0 Å². The molecule has 0 aliphatic carbocycles. The quantitative estimate of drug-likeness (QED) is 0.613. The van der Waals surface area contributed by atoms with Crippen LogP contribution in [0, 0.1) is 13.8 Å². The van der Waals surface area contributed by atoms with E-state index in [9.17, 15) is 4.79 Å². The number of aromatic nitrogens is 1. The number of carbonyl (C=O) groups excluding carboxylic acids is 1. The summed E-state index contributed by atoms with van der Waals surface area (Å²) in [6.45, 7) is 5.51. The number of nitrogens with one attached hydrogen (secondary N) is 1. The second kappa shape index (κ2) is 5.85. The largest absolute Gasteiger partial charge is 0.359 e. The van der Waals surface area contributed by atoms with Gasteiger partial charge in [-0.25, -0.2) is 4.99 Å². The summed E-state index contributed by atoms with van der Waals surface area (Å²) in [5.74, 6) is -0.190. The summed E-state index contributed by atoms with van der Waals surface area (Å²) in [4.78, 5) is 17.3. The van der Waals surface area contributed by atoms with Gasteiger partial charge >= 0.3 is 0 Å². The molecule has 1 amide bonds. The van der Waals surface area contributed by atoms with E-state index < -0.39 is 0 Å². The van der Waals surface area contributed by atoms with Gasteiger partial charge in [0.25, 0.3) is 0 Å². The number of H-pyrrole nitrogens is 1. The first-order valence-electron chi connectivity index (χ1n) is 5.14. The number of carbonyl (C=O) groups is 1. The number of hydrogen-bond donors (Lipinski definition) is 1. The van der Waals surface area contributed by atoms with Crippen molar-refractivity contribution in [1.29, 1.82) is 0 Å². The van der Waals surface area contributed by atoms with E-state index >= 15 is 0 Å². The molecule has 0 aliphatic heterocycles. The Labute approximate surface area is 95.6 Å². The monoisotopic (exact) mass is 216 g/mol. The highest BCUT2D eigenvalue weighted by Crippen LogP contribution is 2.10. The first-order chi connectivity index (χ1) is 7.59. The van der Waals surface area contributed by atoms with Gasteiger partial charge in [-0.2, -0.15) is 0 Å². The van der Waals surface area contributed by atoms with E-state index in [4.69, 9.17) is 0 Å². The minimum absolute atomic E-state index is 0.190. The molecule has 1 heterocycles. The van der Waals surface area contributed by atoms with Crippen molar-refractivity contribution in [3.63, 3.8) is 0 Å². The number of aromatic amines is 1. The number of amides is 1. The fourth-order valence-corrected chi connectivity index (χ4v) is 1.34. The molecule has 0 unspecified atom stereocenters. The molecule has 1 aromatic heterocycles. The molecule has 3 heteroatoms. The van der Waals surface area contributed by atoms with Gasteiger partial charge in [-0.05, 0) is 37.6 Å². The van der Waals surface area contributed by atoms with Crippen molar-refractivity contribution in [3.8, 4) is 0 Å². The maximum absolute atomic E-state index is 10.5. The average molecular weight is 216 g/mol. The smallest absolute Gasteiger partial charge is 0.242 e. The molecule has 1 rings (SSSR count). The van der Waals surface area contributed by atoms with Crippen molar-refractivity contribution < 1.29 is 4.79 Å². The molecule has 3 nitrogen and oxygen atoms in total. The van der Waals surface area contributed by atoms with Gasteiger partial charge < -0.3 is 4.98 Å². The third kappa shape index (κ3) is 4.09. The van der Waals surface area contributed by atoms with E-state index in [1.807, 2.05) is 25.2 Å². The van der Waals surface area contributed by atoms with Gasteiger partial charge in [-0.15, -0.1) is 0 Å². The van der Waals surface area contributed by atoms with Crippen molar-refractivity contribution in [1.82, 2.24) is 4.98 Å². The Hall–Kier alpha value is -1.90. The number of rotatable bonds is 3. The van der Waals surface area contributed by atoms with Crippen LogP contribution in [0.2, 0.25) is 0 Å². The van der Waals surface area contributed by atoms with Gasteiger partial charge in [0.15, 0.2) is 0 Å². The van der Waals surface area contributed by atoms with E-state index in [-0.39, 0.29) is 5.91 Å². The second-order valence-corrected chi connectivity index (χ2v) is 3.59. The van der Waals surface area contributed by atoms with Gasteiger partial charge in [0.2, 0.25) is 5.91 Å². The Morgan fingerprint density at radius 3 is 2.62 bits per heavy atom. The molecule has 1 aromatic rings. The number of aryl methyl sites for hydroxylation is 2. The van der Waals surface area contributed by atoms with Crippen LogP contribution < -0.4 is 0 Å². The molecule has 0 fully saturated rings. The van der Waals surface area contributed by atoms with Gasteiger partial charge in [0.05, 0.1) is 0 Å². The van der Waals surface area contributed by atoms with Crippen molar-refractivity contribution in [2.45, 2.75) is 20.8 Å². The summed E-state index contributed by atoms with van der Waals surface area (Å²) in [5, 5.41) is 0. The van der Waals surface area contributed by atoms with Gasteiger partial charge in [-0.1, -0.05) is 12.2 Å². The lowest BCUT2D eigenvalue weighted by Gasteiger charge is -1.87. The Morgan fingerprint density at radius 1 is 1.31 bits per heavy atom. The highest BCUT2D eigenvalue weighted by molar-refractivity contribution is 5.87. The first kappa shape index (κ1) is 12.2. The molecule has 0 aromatic carbocycles. The zero-order chi connectivity index (χ0) is 12.0. The summed E-state index contributed by atoms with van der Waals surface area (Å²) < 4.78 is 0. The van der Waals surface area contributed by atoms with E-state index in [0.29, 0.717) is 0 Å². The fraction of sp³-hybridized carbons (Fsp3) is 0.231. The zero-order valence-electron chi connectivity index (χ0n) is 9.82. The Morgan fingerprint density at radius 2 is 2.06 bits per heavy atom. The third-order valence-electron chi connectivity index (χ3n) is 2.02. The number of hydrogen-bond acceptors (Lipinski definition) is 1. The highest BCUT2D eigenvalue weighted by Gasteiger charge is 1.95. The maximum atomic E-state index is 10.5. The van der Waals surface area contributed by atoms with Crippen LogP contribution >= 0.6 is 0 Å². The molecule has 1 N–H and O–H groups in total. The number of aliphatic imine (C=N–C) groups is 1. The third-order valence-corrected chi connectivity index (χ3v) is 2.02. The van der Waals surface area contributed by atoms with Crippen LogP contribution in [0.3, 0.4) is 0 Å². The summed E-state index contributed by atoms with van der Waals surface area (Å²) >= 11 is 0. The van der Waals surface area contributed by atoms with Crippen molar-refractivity contribution in [3.05, 3.63) is 41.2 Å². The molecule has 0 atom stereocenters. The molecule has 84 valence electrons. The minimum atomic E-state index is -0.190. The molecule has 0 saturated carbocycles. The Balaban J connectivity index is 2.55. The maximum Gasteiger partial charge on any atom is 0.242 e. The zero-order valence-corrected chi connectivity index (χ0v) is 9.82. The van der Waals surface area contributed by atoms with Crippen LogP contribution in [0.15, 0.2) is 29.3 Å². The lowest BCUT2D eigenvalue weighted by atomic mass is 10.2. The lowest BCUT2D eigenvalue weighted by molar-refractivity contribution is -0.115.